The fourth-order valence-corrected chi connectivity index (χ4v) is 5.50. The van der Waals surface area contributed by atoms with Crippen LogP contribution in [0.15, 0.2) is 29.2 Å². The van der Waals surface area contributed by atoms with E-state index >= 15 is 0 Å². The fourth-order valence-electron chi connectivity index (χ4n) is 2.38. The van der Waals surface area contributed by atoms with Crippen molar-refractivity contribution in [1.82, 2.24) is 4.31 Å². The van der Waals surface area contributed by atoms with Gasteiger partial charge in [-0.1, -0.05) is 12.1 Å². The molecule has 7 nitrogen and oxygen atoms in total. The van der Waals surface area contributed by atoms with E-state index < -0.39 is 20.6 Å². The first-order chi connectivity index (χ1) is 10.5. The highest BCUT2D eigenvalue weighted by Crippen LogP contribution is 2.31. The van der Waals surface area contributed by atoms with E-state index in [-0.39, 0.29) is 24.1 Å². The Morgan fingerprint density at radius 3 is 2.77 bits per heavy atom. The zero-order valence-corrected chi connectivity index (χ0v) is 13.8. The molecule has 0 aromatic heterocycles. The number of nitro benzene ring substituents is 1. The lowest BCUT2D eigenvalue weighted by Crippen LogP contribution is -2.42. The third kappa shape index (κ3) is 3.60. The van der Waals surface area contributed by atoms with E-state index in [4.69, 9.17) is 4.74 Å². The van der Waals surface area contributed by atoms with Crippen LogP contribution in [0.2, 0.25) is 0 Å². The molecule has 1 aromatic carbocycles. The normalized spacial score (nSPS) is 18.7. The van der Waals surface area contributed by atoms with Gasteiger partial charge in [-0.05, 0) is 18.2 Å². The summed E-state index contributed by atoms with van der Waals surface area (Å²) in [5.74, 6) is 1.59. The number of thioether (sulfide) groups is 1. The van der Waals surface area contributed by atoms with Crippen LogP contribution in [0.5, 0.6) is 0 Å². The predicted octanol–water partition coefficient (Wildman–Crippen LogP) is 1.74. The molecule has 22 heavy (non-hydrogen) atoms. The van der Waals surface area contributed by atoms with Crippen molar-refractivity contribution in [2.45, 2.75) is 17.4 Å². The SMILES string of the molecule is COCCN([C@H]1CCSC1)S(=O)(=O)c1ccccc1[N+](=O)[O-]. The van der Waals surface area contributed by atoms with Crippen molar-refractivity contribution in [3.05, 3.63) is 34.4 Å². The molecule has 1 aliphatic rings. The molecule has 0 saturated carbocycles. The number of benzene rings is 1. The van der Waals surface area contributed by atoms with Crippen LogP contribution in [0.4, 0.5) is 5.69 Å². The van der Waals surface area contributed by atoms with Gasteiger partial charge in [0.15, 0.2) is 4.90 Å². The van der Waals surface area contributed by atoms with Gasteiger partial charge >= 0.3 is 0 Å². The van der Waals surface area contributed by atoms with E-state index in [1.54, 1.807) is 11.8 Å². The van der Waals surface area contributed by atoms with Gasteiger partial charge in [-0.15, -0.1) is 0 Å². The summed E-state index contributed by atoms with van der Waals surface area (Å²) in [7, 11) is -2.43. The van der Waals surface area contributed by atoms with Crippen molar-refractivity contribution in [3.8, 4) is 0 Å². The summed E-state index contributed by atoms with van der Waals surface area (Å²) < 4.78 is 32.2. The Bertz CT molecular complexity index is 629. The van der Waals surface area contributed by atoms with Gasteiger partial charge in [0.05, 0.1) is 11.5 Å². The van der Waals surface area contributed by atoms with E-state index in [9.17, 15) is 18.5 Å². The lowest BCUT2D eigenvalue weighted by Gasteiger charge is -2.27. The molecule has 0 radical (unpaired) electrons. The quantitative estimate of drug-likeness (QED) is 0.552. The number of rotatable bonds is 7. The monoisotopic (exact) mass is 346 g/mol. The van der Waals surface area contributed by atoms with Crippen molar-refractivity contribution >= 4 is 27.5 Å². The molecule has 9 heteroatoms. The number of nitro groups is 1. The highest BCUT2D eigenvalue weighted by atomic mass is 32.2. The van der Waals surface area contributed by atoms with Gasteiger partial charge in [-0.2, -0.15) is 16.1 Å². The Hall–Kier alpha value is -1.16. The largest absolute Gasteiger partial charge is 0.383 e. The molecule has 1 aliphatic heterocycles. The molecule has 1 heterocycles. The van der Waals surface area contributed by atoms with Crippen molar-refractivity contribution in [2.75, 3.05) is 31.8 Å². The number of para-hydroxylation sites is 1. The van der Waals surface area contributed by atoms with E-state index in [1.807, 2.05) is 0 Å². The zero-order valence-electron chi connectivity index (χ0n) is 12.2. The van der Waals surface area contributed by atoms with Gasteiger partial charge in [0.25, 0.3) is 5.69 Å². The minimum atomic E-state index is -3.93. The summed E-state index contributed by atoms with van der Waals surface area (Å²) in [4.78, 5) is 10.2. The second-order valence-electron chi connectivity index (χ2n) is 4.85. The average Bonchev–Trinajstić information content (AvgIpc) is 3.01. The van der Waals surface area contributed by atoms with E-state index in [0.717, 1.165) is 12.2 Å². The van der Waals surface area contributed by atoms with Crippen LogP contribution in [0, 0.1) is 10.1 Å². The first-order valence-corrected chi connectivity index (χ1v) is 9.40. The third-order valence-electron chi connectivity index (χ3n) is 3.48. The average molecular weight is 346 g/mol. The number of ether oxygens (including phenoxy) is 1. The molecule has 0 bridgehead atoms. The summed E-state index contributed by atoms with van der Waals surface area (Å²) >= 11 is 1.68. The summed E-state index contributed by atoms with van der Waals surface area (Å²) in [6.07, 6.45) is 0.744. The molecule has 0 N–H and O–H groups in total. The van der Waals surface area contributed by atoms with Crippen LogP contribution in [-0.4, -0.2) is 55.5 Å². The molecular weight excluding hydrogens is 328 g/mol. The van der Waals surface area contributed by atoms with Crippen LogP contribution in [-0.2, 0) is 14.8 Å². The molecule has 0 spiro atoms. The highest BCUT2D eigenvalue weighted by Gasteiger charge is 2.36. The topological polar surface area (TPSA) is 89.8 Å². The molecule has 1 saturated heterocycles. The van der Waals surface area contributed by atoms with Crippen LogP contribution in [0.25, 0.3) is 0 Å². The number of sulfonamides is 1. The highest BCUT2D eigenvalue weighted by molar-refractivity contribution is 7.99. The minimum absolute atomic E-state index is 0.148. The van der Waals surface area contributed by atoms with Crippen molar-refractivity contribution in [3.63, 3.8) is 0 Å². The van der Waals surface area contributed by atoms with Crippen molar-refractivity contribution in [2.24, 2.45) is 0 Å². The van der Waals surface area contributed by atoms with Crippen LogP contribution < -0.4 is 0 Å². The molecule has 122 valence electrons. The summed E-state index contributed by atoms with van der Waals surface area (Å²) in [5, 5.41) is 11.1. The van der Waals surface area contributed by atoms with Crippen LogP contribution in [0.1, 0.15) is 6.42 Å². The Labute approximate surface area is 133 Å². The Morgan fingerprint density at radius 2 is 2.18 bits per heavy atom. The maximum absolute atomic E-state index is 12.9. The summed E-state index contributed by atoms with van der Waals surface area (Å²) in [6, 6.07) is 5.31. The standard InChI is InChI=1S/C13H18N2O5S2/c1-20-8-7-14(11-6-9-21-10-11)22(18,19)13-5-3-2-4-12(13)15(16)17/h2-5,11H,6-10H2,1H3/t11-/m0/s1. The zero-order chi connectivity index (χ0) is 16.2. The maximum Gasteiger partial charge on any atom is 0.289 e. The van der Waals surface area contributed by atoms with Gasteiger partial charge in [-0.25, -0.2) is 8.42 Å². The van der Waals surface area contributed by atoms with Gasteiger partial charge < -0.3 is 4.74 Å². The molecule has 1 fully saturated rings. The van der Waals surface area contributed by atoms with Gasteiger partial charge in [0, 0.05) is 31.5 Å². The van der Waals surface area contributed by atoms with Crippen molar-refractivity contribution in [1.29, 1.82) is 0 Å². The predicted molar refractivity (Wildman–Crippen MR) is 84.6 cm³/mol. The molecule has 0 aliphatic carbocycles. The number of nitrogens with zero attached hydrogens (tertiary/aromatic N) is 2. The van der Waals surface area contributed by atoms with Crippen LogP contribution in [0.3, 0.4) is 0 Å². The van der Waals surface area contributed by atoms with E-state index in [2.05, 4.69) is 0 Å². The van der Waals surface area contributed by atoms with Gasteiger partial charge in [0.2, 0.25) is 10.0 Å². The Morgan fingerprint density at radius 1 is 1.45 bits per heavy atom. The smallest absolute Gasteiger partial charge is 0.289 e. The second-order valence-corrected chi connectivity index (χ2v) is 7.86. The molecule has 0 amide bonds. The molecule has 2 rings (SSSR count). The van der Waals surface area contributed by atoms with Crippen LogP contribution >= 0.6 is 11.8 Å². The lowest BCUT2D eigenvalue weighted by molar-refractivity contribution is -0.387. The minimum Gasteiger partial charge on any atom is -0.383 e. The van der Waals surface area contributed by atoms with Crippen molar-refractivity contribution < 1.29 is 18.1 Å². The maximum atomic E-state index is 12.9. The van der Waals surface area contributed by atoms with Gasteiger partial charge in [-0.3, -0.25) is 10.1 Å². The summed E-state index contributed by atoms with van der Waals surface area (Å²) in [6.45, 7) is 0.442. The number of methoxy groups -OCH3 is 1. The number of hydrogen-bond acceptors (Lipinski definition) is 6. The second kappa shape index (κ2) is 7.40. The first kappa shape index (κ1) is 17.2. The third-order valence-corrected chi connectivity index (χ3v) is 6.62. The molecular formula is C13H18N2O5S2. The molecule has 1 aromatic rings. The van der Waals surface area contributed by atoms with Gasteiger partial charge in [0.1, 0.15) is 0 Å². The Balaban J connectivity index is 2.42. The van der Waals surface area contributed by atoms with E-state index in [1.165, 1.54) is 35.7 Å². The summed E-state index contributed by atoms with van der Waals surface area (Å²) in [5.41, 5.74) is -0.393. The first-order valence-electron chi connectivity index (χ1n) is 6.80. The molecule has 1 atom stereocenters. The Kier molecular flexibility index (Phi) is 5.79. The lowest BCUT2D eigenvalue weighted by atomic mass is 10.3. The van der Waals surface area contributed by atoms with E-state index in [0.29, 0.717) is 5.75 Å². The molecule has 0 unspecified atom stereocenters. The fraction of sp³-hybridized carbons (Fsp3) is 0.538. The number of hydrogen-bond donors (Lipinski definition) is 0.